The number of nitrogens with two attached hydrogens (primary N) is 1. The van der Waals surface area contributed by atoms with E-state index in [9.17, 15) is 9.59 Å². The van der Waals surface area contributed by atoms with E-state index < -0.39 is 0 Å². The number of amides is 1. The van der Waals surface area contributed by atoms with Gasteiger partial charge >= 0.3 is 0 Å². The van der Waals surface area contributed by atoms with Gasteiger partial charge in [0.1, 0.15) is 11.5 Å². The van der Waals surface area contributed by atoms with Gasteiger partial charge in [-0.1, -0.05) is 17.7 Å². The Morgan fingerprint density at radius 3 is 2.62 bits per heavy atom. The van der Waals surface area contributed by atoms with Crippen molar-refractivity contribution >= 4 is 23.2 Å². The summed E-state index contributed by atoms with van der Waals surface area (Å²) in [6.07, 6.45) is 3.28. The summed E-state index contributed by atoms with van der Waals surface area (Å²) in [7, 11) is 0. The van der Waals surface area contributed by atoms with Gasteiger partial charge in [-0.15, -0.1) is 0 Å². The maximum Gasteiger partial charge on any atom is 0.276 e. The van der Waals surface area contributed by atoms with Gasteiger partial charge in [0.25, 0.3) is 5.91 Å². The number of nitrogen functional groups attached to an aromatic ring is 1. The molecule has 3 heterocycles. The summed E-state index contributed by atoms with van der Waals surface area (Å²) >= 11 is 0. The fraction of sp³-hybridized carbons (Fsp3) is 0.273. The van der Waals surface area contributed by atoms with Crippen LogP contribution in [0, 0.1) is 13.8 Å². The Kier molecular flexibility index (Phi) is 4.66. The number of fused-ring (bicyclic) bond motifs is 1. The highest BCUT2D eigenvalue weighted by Gasteiger charge is 2.33. The third kappa shape index (κ3) is 3.40. The van der Waals surface area contributed by atoms with Crippen LogP contribution in [0.4, 0.5) is 11.5 Å². The molecule has 0 aliphatic carbocycles. The summed E-state index contributed by atoms with van der Waals surface area (Å²) < 4.78 is 1.72. The van der Waals surface area contributed by atoms with Crippen LogP contribution in [0.1, 0.15) is 50.5 Å². The molecular formula is C22H23N5O2. The average Bonchev–Trinajstić information content (AvgIpc) is 3.12. The second kappa shape index (κ2) is 7.16. The molecule has 0 bridgehead atoms. The van der Waals surface area contributed by atoms with E-state index in [0.717, 1.165) is 16.8 Å². The number of aryl methyl sites for hydroxylation is 2. The maximum absolute atomic E-state index is 13.3. The second-order valence-electron chi connectivity index (χ2n) is 7.61. The molecule has 0 saturated heterocycles. The van der Waals surface area contributed by atoms with Gasteiger partial charge in [-0.25, -0.2) is 4.98 Å². The van der Waals surface area contributed by atoms with Crippen molar-refractivity contribution in [1.82, 2.24) is 14.8 Å². The van der Waals surface area contributed by atoms with Crippen molar-refractivity contribution in [3.8, 4) is 0 Å². The lowest BCUT2D eigenvalue weighted by Crippen LogP contribution is -2.43. The molecule has 3 aromatic rings. The maximum atomic E-state index is 13.3. The highest BCUT2D eigenvalue weighted by molar-refractivity contribution is 6.08. The molecule has 0 radical (unpaired) electrons. The lowest BCUT2D eigenvalue weighted by atomic mass is 10.0. The van der Waals surface area contributed by atoms with E-state index >= 15 is 0 Å². The number of carbonyl (C=O) groups excluding carboxylic acids is 2. The van der Waals surface area contributed by atoms with Crippen LogP contribution in [0.3, 0.4) is 0 Å². The quantitative estimate of drug-likeness (QED) is 0.692. The van der Waals surface area contributed by atoms with E-state index in [-0.39, 0.29) is 30.0 Å². The highest BCUT2D eigenvalue weighted by Crippen LogP contribution is 2.29. The third-order valence-corrected chi connectivity index (χ3v) is 5.24. The minimum atomic E-state index is -0.178. The number of anilines is 2. The Morgan fingerprint density at radius 2 is 1.90 bits per heavy atom. The average molecular weight is 389 g/mol. The van der Waals surface area contributed by atoms with Crippen LogP contribution in [0.15, 0.2) is 42.7 Å². The molecule has 7 nitrogen and oxygen atoms in total. The third-order valence-electron chi connectivity index (χ3n) is 5.24. The molecule has 0 unspecified atom stereocenters. The molecule has 1 atom stereocenters. The predicted molar refractivity (Wildman–Crippen MR) is 111 cm³/mol. The van der Waals surface area contributed by atoms with Crippen molar-refractivity contribution in [3.63, 3.8) is 0 Å². The minimum Gasteiger partial charge on any atom is -0.383 e. The first-order valence-corrected chi connectivity index (χ1v) is 9.55. The zero-order chi connectivity index (χ0) is 20.7. The van der Waals surface area contributed by atoms with Gasteiger partial charge in [0, 0.05) is 30.4 Å². The van der Waals surface area contributed by atoms with Crippen LogP contribution in [0.5, 0.6) is 0 Å². The molecule has 7 heteroatoms. The van der Waals surface area contributed by atoms with Crippen LogP contribution in [0.25, 0.3) is 0 Å². The fourth-order valence-electron chi connectivity index (χ4n) is 3.67. The number of Topliss-reactive ketones (excluding diaryl/α,β-unsaturated/α-hetero) is 1. The topological polar surface area (TPSA) is 94.1 Å². The fourth-order valence-corrected chi connectivity index (χ4v) is 3.67. The van der Waals surface area contributed by atoms with Crippen LogP contribution >= 0.6 is 0 Å². The smallest absolute Gasteiger partial charge is 0.276 e. The lowest BCUT2D eigenvalue weighted by Gasteiger charge is -2.32. The van der Waals surface area contributed by atoms with Gasteiger partial charge in [0.2, 0.25) is 0 Å². The van der Waals surface area contributed by atoms with Crippen molar-refractivity contribution in [3.05, 3.63) is 70.7 Å². The molecular weight excluding hydrogens is 366 g/mol. The number of carbonyl (C=O) groups is 2. The standard InChI is InChI=1S/C22H23N5O2/c1-13-4-6-17(7-5-13)26-12-15(3)27-20(22(26)29)16(11-25-27)9-19(28)18-8-14(2)10-24-21(18)23/h4-8,10-11,15H,9,12H2,1-3H3,(H2,23,24)/t15-/m0/s1. The van der Waals surface area contributed by atoms with E-state index in [2.05, 4.69) is 10.1 Å². The Hall–Kier alpha value is -3.48. The number of pyridine rings is 1. The molecule has 29 heavy (non-hydrogen) atoms. The molecule has 148 valence electrons. The summed E-state index contributed by atoms with van der Waals surface area (Å²) in [4.78, 5) is 32.0. The van der Waals surface area contributed by atoms with Crippen LogP contribution in [-0.2, 0) is 6.42 Å². The normalized spacial score (nSPS) is 16.0. The Labute approximate surface area is 169 Å². The zero-order valence-corrected chi connectivity index (χ0v) is 16.7. The van der Waals surface area contributed by atoms with E-state index in [1.54, 1.807) is 28.0 Å². The first-order valence-electron chi connectivity index (χ1n) is 9.55. The van der Waals surface area contributed by atoms with E-state index in [4.69, 9.17) is 5.73 Å². The molecule has 2 aromatic heterocycles. The first kappa shape index (κ1) is 18.9. The monoisotopic (exact) mass is 389 g/mol. The molecule has 1 aliphatic rings. The highest BCUT2D eigenvalue weighted by atomic mass is 16.2. The van der Waals surface area contributed by atoms with Crippen LogP contribution in [-0.4, -0.2) is 33.0 Å². The first-order chi connectivity index (χ1) is 13.8. The predicted octanol–water partition coefficient (Wildman–Crippen LogP) is 3.12. The van der Waals surface area contributed by atoms with E-state index in [1.807, 2.05) is 45.0 Å². The second-order valence-corrected chi connectivity index (χ2v) is 7.61. The summed E-state index contributed by atoms with van der Waals surface area (Å²) in [5, 5.41) is 4.39. The van der Waals surface area contributed by atoms with Crippen molar-refractivity contribution in [1.29, 1.82) is 0 Å². The van der Waals surface area contributed by atoms with Gasteiger partial charge in [-0.2, -0.15) is 5.10 Å². The molecule has 0 fully saturated rings. The van der Waals surface area contributed by atoms with Crippen molar-refractivity contribution in [2.45, 2.75) is 33.2 Å². The van der Waals surface area contributed by atoms with Gasteiger partial charge in [0.15, 0.2) is 5.78 Å². The molecule has 1 aromatic carbocycles. The van der Waals surface area contributed by atoms with Crippen molar-refractivity contribution in [2.24, 2.45) is 0 Å². The lowest BCUT2D eigenvalue weighted by molar-refractivity contribution is 0.0951. The molecule has 1 aliphatic heterocycles. The minimum absolute atomic E-state index is 0.00133. The van der Waals surface area contributed by atoms with Crippen LogP contribution < -0.4 is 10.6 Å². The van der Waals surface area contributed by atoms with Crippen molar-refractivity contribution < 1.29 is 9.59 Å². The zero-order valence-electron chi connectivity index (χ0n) is 16.7. The summed E-state index contributed by atoms with van der Waals surface area (Å²) in [6.45, 7) is 6.40. The molecule has 0 saturated carbocycles. The number of hydrogen-bond donors (Lipinski definition) is 1. The molecule has 4 rings (SSSR count). The Balaban J connectivity index is 1.67. The van der Waals surface area contributed by atoms with Crippen molar-refractivity contribution in [2.75, 3.05) is 17.2 Å². The summed E-state index contributed by atoms with van der Waals surface area (Å²) in [5.74, 6) is -0.132. The van der Waals surface area contributed by atoms with Crippen LogP contribution in [0.2, 0.25) is 0 Å². The number of benzene rings is 1. The number of nitrogens with zero attached hydrogens (tertiary/aromatic N) is 4. The summed E-state index contributed by atoms with van der Waals surface area (Å²) in [6, 6.07) is 9.57. The van der Waals surface area contributed by atoms with Gasteiger partial charge in [-0.05, 0) is 44.5 Å². The van der Waals surface area contributed by atoms with Gasteiger partial charge < -0.3 is 10.6 Å². The Morgan fingerprint density at radius 1 is 1.17 bits per heavy atom. The van der Waals surface area contributed by atoms with Gasteiger partial charge in [-0.3, -0.25) is 14.3 Å². The number of rotatable bonds is 4. The molecule has 2 N–H and O–H groups in total. The largest absolute Gasteiger partial charge is 0.383 e. The molecule has 0 spiro atoms. The number of aromatic nitrogens is 3. The van der Waals surface area contributed by atoms with E-state index in [0.29, 0.717) is 23.4 Å². The van der Waals surface area contributed by atoms with Gasteiger partial charge in [0.05, 0.1) is 17.8 Å². The molecule has 1 amide bonds. The number of hydrogen-bond acceptors (Lipinski definition) is 5. The SMILES string of the molecule is Cc1ccc(N2C[C@H](C)n3ncc(CC(=O)c4cc(C)cnc4N)c3C2=O)cc1. The van der Waals surface area contributed by atoms with E-state index in [1.165, 1.54) is 0 Å². The summed E-state index contributed by atoms with van der Waals surface area (Å²) in [5.41, 5.74) is 10.1. The number of ketones is 1. The Bertz CT molecular complexity index is 1100.